The normalized spacial score (nSPS) is 12.1. The van der Waals surface area contributed by atoms with Gasteiger partial charge in [-0.15, -0.1) is 0 Å². The zero-order valence-electron chi connectivity index (χ0n) is 9.71. The maximum atomic E-state index is 11.2. The number of aromatic nitrogens is 2. The summed E-state index contributed by atoms with van der Waals surface area (Å²) >= 11 is 0. The van der Waals surface area contributed by atoms with Crippen LogP contribution in [0.4, 0.5) is 0 Å². The van der Waals surface area contributed by atoms with Crippen LogP contribution in [0.15, 0.2) is 49.1 Å². The molecular formula is C13H15N3O. The van der Waals surface area contributed by atoms with Crippen LogP contribution in [0.3, 0.4) is 0 Å². The summed E-state index contributed by atoms with van der Waals surface area (Å²) in [5.74, 6) is -0.0287. The second-order valence-electron chi connectivity index (χ2n) is 3.92. The molecule has 0 saturated heterocycles. The summed E-state index contributed by atoms with van der Waals surface area (Å²) in [4.78, 5) is 15.2. The molecule has 2 rings (SSSR count). The van der Waals surface area contributed by atoms with E-state index in [-0.39, 0.29) is 11.9 Å². The lowest BCUT2D eigenvalue weighted by atomic mass is 10.1. The molecule has 88 valence electrons. The summed E-state index contributed by atoms with van der Waals surface area (Å²) < 4.78 is 1.95. The monoisotopic (exact) mass is 229 g/mol. The van der Waals surface area contributed by atoms with Crippen molar-refractivity contribution < 1.29 is 4.79 Å². The molecule has 1 atom stereocenters. The van der Waals surface area contributed by atoms with Gasteiger partial charge in [0.15, 0.2) is 0 Å². The fourth-order valence-electron chi connectivity index (χ4n) is 1.77. The molecule has 2 aromatic rings. The molecular weight excluding hydrogens is 214 g/mol. The van der Waals surface area contributed by atoms with Gasteiger partial charge in [-0.1, -0.05) is 30.3 Å². The third-order valence-corrected chi connectivity index (χ3v) is 2.53. The van der Waals surface area contributed by atoms with Gasteiger partial charge in [0.1, 0.15) is 0 Å². The number of carbonyl (C=O) groups is 1. The highest BCUT2D eigenvalue weighted by Crippen LogP contribution is 2.14. The average molecular weight is 229 g/mol. The minimum atomic E-state index is -0.0287. The SMILES string of the molecule is CC(=O)NC(Cn1ccnc1)c1ccccc1. The van der Waals surface area contributed by atoms with Crippen LogP contribution in [0.2, 0.25) is 0 Å². The molecule has 1 amide bonds. The molecule has 0 spiro atoms. The molecule has 1 aromatic heterocycles. The van der Waals surface area contributed by atoms with Crippen LogP contribution in [0.1, 0.15) is 18.5 Å². The third kappa shape index (κ3) is 3.17. The number of rotatable bonds is 4. The van der Waals surface area contributed by atoms with Crippen molar-refractivity contribution in [3.63, 3.8) is 0 Å². The van der Waals surface area contributed by atoms with Crippen LogP contribution in [0.5, 0.6) is 0 Å². The van der Waals surface area contributed by atoms with Gasteiger partial charge in [-0.2, -0.15) is 0 Å². The molecule has 4 nitrogen and oxygen atoms in total. The zero-order valence-corrected chi connectivity index (χ0v) is 9.71. The van der Waals surface area contributed by atoms with E-state index in [0.717, 1.165) is 5.56 Å². The topological polar surface area (TPSA) is 46.9 Å². The van der Waals surface area contributed by atoms with Crippen molar-refractivity contribution in [2.24, 2.45) is 0 Å². The third-order valence-electron chi connectivity index (χ3n) is 2.53. The van der Waals surface area contributed by atoms with E-state index < -0.39 is 0 Å². The van der Waals surface area contributed by atoms with Crippen molar-refractivity contribution in [1.82, 2.24) is 14.9 Å². The van der Waals surface area contributed by atoms with E-state index in [4.69, 9.17) is 0 Å². The first-order chi connectivity index (χ1) is 8.25. The van der Waals surface area contributed by atoms with Crippen molar-refractivity contribution in [2.75, 3.05) is 0 Å². The molecule has 0 saturated carbocycles. The summed E-state index contributed by atoms with van der Waals surface area (Å²) in [7, 11) is 0. The predicted octanol–water partition coefficient (Wildman–Crippen LogP) is 1.76. The van der Waals surface area contributed by atoms with Crippen molar-refractivity contribution in [1.29, 1.82) is 0 Å². The lowest BCUT2D eigenvalue weighted by molar-refractivity contribution is -0.119. The first kappa shape index (κ1) is 11.4. The number of carbonyl (C=O) groups excluding carboxylic acids is 1. The lowest BCUT2D eigenvalue weighted by Crippen LogP contribution is -2.29. The van der Waals surface area contributed by atoms with Gasteiger partial charge in [0.05, 0.1) is 12.4 Å². The summed E-state index contributed by atoms with van der Waals surface area (Å²) in [5, 5.41) is 2.95. The Kier molecular flexibility index (Phi) is 3.55. The Morgan fingerprint density at radius 1 is 1.41 bits per heavy atom. The van der Waals surface area contributed by atoms with Crippen LogP contribution < -0.4 is 5.32 Å². The van der Waals surface area contributed by atoms with Gasteiger partial charge in [0.25, 0.3) is 0 Å². The highest BCUT2D eigenvalue weighted by atomic mass is 16.1. The van der Waals surface area contributed by atoms with E-state index in [1.165, 1.54) is 6.92 Å². The highest BCUT2D eigenvalue weighted by molar-refractivity contribution is 5.73. The van der Waals surface area contributed by atoms with E-state index in [2.05, 4.69) is 10.3 Å². The van der Waals surface area contributed by atoms with Gasteiger partial charge in [0.2, 0.25) is 5.91 Å². The number of imidazole rings is 1. The molecule has 0 aliphatic rings. The molecule has 1 unspecified atom stereocenters. The molecule has 1 aromatic carbocycles. The number of hydrogen-bond acceptors (Lipinski definition) is 2. The van der Waals surface area contributed by atoms with Crippen LogP contribution in [0.25, 0.3) is 0 Å². The minimum Gasteiger partial charge on any atom is -0.348 e. The van der Waals surface area contributed by atoms with Gasteiger partial charge in [-0.05, 0) is 5.56 Å². The van der Waals surface area contributed by atoms with Crippen molar-refractivity contribution >= 4 is 5.91 Å². The molecule has 1 N–H and O–H groups in total. The second kappa shape index (κ2) is 5.30. The summed E-state index contributed by atoms with van der Waals surface area (Å²) in [6.07, 6.45) is 5.37. The Hall–Kier alpha value is -2.10. The van der Waals surface area contributed by atoms with Gasteiger partial charge in [0, 0.05) is 25.9 Å². The number of amides is 1. The number of nitrogens with zero attached hydrogens (tertiary/aromatic N) is 2. The molecule has 0 fully saturated rings. The lowest BCUT2D eigenvalue weighted by Gasteiger charge is -2.18. The Morgan fingerprint density at radius 2 is 2.18 bits per heavy atom. The van der Waals surface area contributed by atoms with E-state index in [1.54, 1.807) is 12.5 Å². The van der Waals surface area contributed by atoms with Crippen LogP contribution in [0, 0.1) is 0 Å². The minimum absolute atomic E-state index is 0.0251. The molecule has 1 heterocycles. The second-order valence-corrected chi connectivity index (χ2v) is 3.92. The zero-order chi connectivity index (χ0) is 12.1. The number of nitrogens with one attached hydrogen (secondary N) is 1. The number of hydrogen-bond donors (Lipinski definition) is 1. The standard InChI is InChI=1S/C13H15N3O/c1-11(17)15-13(9-16-8-7-14-10-16)12-5-3-2-4-6-12/h2-8,10,13H,9H2,1H3,(H,15,17). The van der Waals surface area contributed by atoms with Gasteiger partial charge in [-0.25, -0.2) is 4.98 Å². The Balaban J connectivity index is 2.16. The maximum absolute atomic E-state index is 11.2. The van der Waals surface area contributed by atoms with E-state index in [9.17, 15) is 4.79 Å². The van der Waals surface area contributed by atoms with Crippen LogP contribution in [-0.2, 0) is 11.3 Å². The van der Waals surface area contributed by atoms with Crippen molar-refractivity contribution in [3.8, 4) is 0 Å². The summed E-state index contributed by atoms with van der Waals surface area (Å²) in [6, 6.07) is 9.90. The molecule has 0 aliphatic heterocycles. The maximum Gasteiger partial charge on any atom is 0.217 e. The Labute approximate surface area is 100 Å². The largest absolute Gasteiger partial charge is 0.348 e. The molecule has 0 radical (unpaired) electrons. The fraction of sp³-hybridized carbons (Fsp3) is 0.231. The number of benzene rings is 1. The van der Waals surface area contributed by atoms with E-state index in [0.29, 0.717) is 6.54 Å². The summed E-state index contributed by atoms with van der Waals surface area (Å²) in [5.41, 5.74) is 1.09. The van der Waals surface area contributed by atoms with Crippen molar-refractivity contribution in [3.05, 3.63) is 54.6 Å². The molecule has 0 bridgehead atoms. The van der Waals surface area contributed by atoms with Gasteiger partial charge < -0.3 is 9.88 Å². The average Bonchev–Trinajstić information content (AvgIpc) is 2.82. The molecule has 17 heavy (non-hydrogen) atoms. The predicted molar refractivity (Wildman–Crippen MR) is 65.2 cm³/mol. The first-order valence-corrected chi connectivity index (χ1v) is 5.53. The van der Waals surface area contributed by atoms with Crippen LogP contribution in [-0.4, -0.2) is 15.5 Å². The fourth-order valence-corrected chi connectivity index (χ4v) is 1.77. The van der Waals surface area contributed by atoms with Gasteiger partial charge in [-0.3, -0.25) is 4.79 Å². The Morgan fingerprint density at radius 3 is 2.76 bits per heavy atom. The smallest absolute Gasteiger partial charge is 0.217 e. The first-order valence-electron chi connectivity index (χ1n) is 5.53. The van der Waals surface area contributed by atoms with E-state index >= 15 is 0 Å². The quantitative estimate of drug-likeness (QED) is 0.868. The van der Waals surface area contributed by atoms with Crippen LogP contribution >= 0.6 is 0 Å². The van der Waals surface area contributed by atoms with Crippen molar-refractivity contribution in [2.45, 2.75) is 19.5 Å². The highest BCUT2D eigenvalue weighted by Gasteiger charge is 2.12. The molecule has 4 heteroatoms. The molecule has 0 aliphatic carbocycles. The van der Waals surface area contributed by atoms with Gasteiger partial charge >= 0.3 is 0 Å². The summed E-state index contributed by atoms with van der Waals surface area (Å²) in [6.45, 7) is 2.22. The van der Waals surface area contributed by atoms with E-state index in [1.807, 2.05) is 41.1 Å². The Bertz CT molecular complexity index is 465.